The zero-order valence-electron chi connectivity index (χ0n) is 14.2. The van der Waals surface area contributed by atoms with Gasteiger partial charge in [0, 0.05) is 10.9 Å². The van der Waals surface area contributed by atoms with E-state index in [0.29, 0.717) is 27.2 Å². The molecule has 0 aliphatic carbocycles. The van der Waals surface area contributed by atoms with Crippen LogP contribution in [0.3, 0.4) is 0 Å². The van der Waals surface area contributed by atoms with Crippen molar-refractivity contribution in [2.24, 2.45) is 0 Å². The van der Waals surface area contributed by atoms with Crippen LogP contribution < -0.4 is 0 Å². The molecule has 0 aliphatic rings. The number of carbonyl (C=O) groups is 1. The van der Waals surface area contributed by atoms with Gasteiger partial charge in [-0.1, -0.05) is 23.7 Å². The molecule has 0 spiro atoms. The van der Waals surface area contributed by atoms with E-state index in [4.69, 9.17) is 16.0 Å². The van der Waals surface area contributed by atoms with Crippen molar-refractivity contribution in [3.8, 4) is 11.5 Å². The smallest absolute Gasteiger partial charge is 0.264 e. The monoisotopic (exact) mass is 375 g/mol. The first-order chi connectivity index (χ1) is 12.0. The van der Waals surface area contributed by atoms with E-state index < -0.39 is 0 Å². The van der Waals surface area contributed by atoms with Gasteiger partial charge in [-0.2, -0.15) is 0 Å². The minimum Gasteiger partial charge on any atom is -0.419 e. The van der Waals surface area contributed by atoms with Crippen molar-refractivity contribution in [2.75, 3.05) is 0 Å². The zero-order valence-corrected chi connectivity index (χ0v) is 15.8. The maximum absolute atomic E-state index is 12.8. The predicted octanol–water partition coefficient (Wildman–Crippen LogP) is 4.81. The molecule has 1 aromatic carbocycles. The normalized spacial score (nSPS) is 11.1. The maximum atomic E-state index is 12.8. The van der Waals surface area contributed by atoms with Crippen LogP contribution in [0.4, 0.5) is 0 Å². The number of amides is 1. The molecule has 7 heteroatoms. The van der Waals surface area contributed by atoms with Crippen molar-refractivity contribution in [1.82, 2.24) is 15.1 Å². The first-order valence-corrected chi connectivity index (χ1v) is 9.10. The third-order valence-electron chi connectivity index (χ3n) is 3.71. The van der Waals surface area contributed by atoms with Crippen LogP contribution in [-0.4, -0.2) is 27.0 Å². The predicted molar refractivity (Wildman–Crippen MR) is 98.8 cm³/mol. The van der Waals surface area contributed by atoms with Crippen LogP contribution in [0.5, 0.6) is 0 Å². The number of thiophene rings is 1. The Morgan fingerprint density at radius 2 is 2.00 bits per heavy atom. The lowest BCUT2D eigenvalue weighted by molar-refractivity contribution is 0.0677. The summed E-state index contributed by atoms with van der Waals surface area (Å²) < 4.78 is 5.73. The molecule has 5 nitrogen and oxygen atoms in total. The third kappa shape index (κ3) is 3.91. The summed E-state index contributed by atoms with van der Waals surface area (Å²) in [7, 11) is 0. The summed E-state index contributed by atoms with van der Waals surface area (Å²) >= 11 is 7.65. The number of carbonyl (C=O) groups excluding carboxylic acids is 1. The van der Waals surface area contributed by atoms with Gasteiger partial charge >= 0.3 is 0 Å². The second-order valence-corrected chi connectivity index (χ2v) is 7.61. The second-order valence-electron chi connectivity index (χ2n) is 5.92. The Morgan fingerprint density at radius 3 is 2.64 bits per heavy atom. The average molecular weight is 376 g/mol. The summed E-state index contributed by atoms with van der Waals surface area (Å²) in [6, 6.07) is 11.1. The maximum Gasteiger partial charge on any atom is 0.264 e. The van der Waals surface area contributed by atoms with Crippen molar-refractivity contribution < 1.29 is 9.21 Å². The van der Waals surface area contributed by atoms with Crippen molar-refractivity contribution in [3.05, 3.63) is 57.1 Å². The van der Waals surface area contributed by atoms with E-state index >= 15 is 0 Å². The van der Waals surface area contributed by atoms with Gasteiger partial charge in [0.1, 0.15) is 0 Å². The molecule has 1 amide bonds. The molecule has 0 fully saturated rings. The van der Waals surface area contributed by atoms with E-state index in [-0.39, 0.29) is 18.5 Å². The molecule has 0 saturated carbocycles. The number of hydrogen-bond donors (Lipinski definition) is 0. The van der Waals surface area contributed by atoms with Crippen molar-refractivity contribution in [2.45, 2.75) is 33.4 Å². The number of nitrogens with zero attached hydrogens (tertiary/aromatic N) is 3. The fraction of sp³-hybridized carbons (Fsp3) is 0.278. The molecule has 0 aliphatic heterocycles. The highest BCUT2D eigenvalue weighted by Gasteiger charge is 2.23. The van der Waals surface area contributed by atoms with Crippen LogP contribution in [0.25, 0.3) is 11.5 Å². The standard InChI is InChI=1S/C18H18ClN3O2S/c1-11(2)22(18(23)15-9-8-12(3)25-15)10-16-20-21-17(24-16)13-6-4-5-7-14(13)19/h4-9,11H,10H2,1-3H3. The summed E-state index contributed by atoms with van der Waals surface area (Å²) in [6.07, 6.45) is 0. The van der Waals surface area contributed by atoms with E-state index in [0.717, 1.165) is 4.88 Å². The Bertz CT molecular complexity index is 888. The van der Waals surface area contributed by atoms with Crippen LogP contribution >= 0.6 is 22.9 Å². The fourth-order valence-corrected chi connectivity index (χ4v) is 3.43. The van der Waals surface area contributed by atoms with Gasteiger partial charge in [0.2, 0.25) is 11.8 Å². The Kier molecular flexibility index (Phi) is 5.20. The van der Waals surface area contributed by atoms with Gasteiger partial charge in [0.25, 0.3) is 5.91 Å². The molecule has 0 N–H and O–H groups in total. The van der Waals surface area contributed by atoms with E-state index in [2.05, 4.69) is 10.2 Å². The fourth-order valence-electron chi connectivity index (χ4n) is 2.39. The molecule has 2 heterocycles. The molecule has 0 bridgehead atoms. The van der Waals surface area contributed by atoms with Gasteiger partial charge in [0.05, 0.1) is 22.0 Å². The van der Waals surface area contributed by atoms with Crippen LogP contribution in [0.1, 0.15) is 34.3 Å². The first kappa shape index (κ1) is 17.6. The highest BCUT2D eigenvalue weighted by atomic mass is 35.5. The number of aryl methyl sites for hydroxylation is 1. The zero-order chi connectivity index (χ0) is 18.0. The summed E-state index contributed by atoms with van der Waals surface area (Å²) in [5, 5.41) is 8.68. The Morgan fingerprint density at radius 1 is 1.24 bits per heavy atom. The molecule has 25 heavy (non-hydrogen) atoms. The van der Waals surface area contributed by atoms with Crippen molar-refractivity contribution in [1.29, 1.82) is 0 Å². The lowest BCUT2D eigenvalue weighted by Crippen LogP contribution is -2.36. The average Bonchev–Trinajstić information content (AvgIpc) is 3.21. The third-order valence-corrected chi connectivity index (χ3v) is 5.03. The Hall–Kier alpha value is -2.18. The topological polar surface area (TPSA) is 59.2 Å². The van der Waals surface area contributed by atoms with Crippen LogP contribution in [-0.2, 0) is 6.54 Å². The van der Waals surface area contributed by atoms with Gasteiger partial charge < -0.3 is 9.32 Å². The van der Waals surface area contributed by atoms with E-state index in [1.807, 2.05) is 51.1 Å². The molecule has 0 saturated heterocycles. The SMILES string of the molecule is Cc1ccc(C(=O)N(Cc2nnc(-c3ccccc3Cl)o2)C(C)C)s1. The molecule has 3 aromatic rings. The number of benzene rings is 1. The Labute approximate surface area is 155 Å². The molecular formula is C18H18ClN3O2S. The minimum atomic E-state index is -0.0365. The van der Waals surface area contributed by atoms with E-state index in [9.17, 15) is 4.79 Å². The van der Waals surface area contributed by atoms with Crippen LogP contribution in [0, 0.1) is 6.92 Å². The lowest BCUT2D eigenvalue weighted by atomic mass is 10.2. The van der Waals surface area contributed by atoms with Crippen LogP contribution in [0.2, 0.25) is 5.02 Å². The number of hydrogen-bond acceptors (Lipinski definition) is 5. The largest absolute Gasteiger partial charge is 0.419 e. The highest BCUT2D eigenvalue weighted by Crippen LogP contribution is 2.27. The summed E-state index contributed by atoms with van der Waals surface area (Å²) in [6.45, 7) is 6.16. The number of aromatic nitrogens is 2. The second kappa shape index (κ2) is 7.37. The quantitative estimate of drug-likeness (QED) is 0.642. The molecule has 0 radical (unpaired) electrons. The lowest BCUT2D eigenvalue weighted by Gasteiger charge is -2.24. The first-order valence-electron chi connectivity index (χ1n) is 7.90. The number of rotatable bonds is 5. The van der Waals surface area contributed by atoms with Gasteiger partial charge in [-0.25, -0.2) is 0 Å². The van der Waals surface area contributed by atoms with E-state index in [1.54, 1.807) is 11.0 Å². The van der Waals surface area contributed by atoms with Gasteiger partial charge in [-0.15, -0.1) is 21.5 Å². The molecule has 0 unspecified atom stereocenters. The van der Waals surface area contributed by atoms with Crippen molar-refractivity contribution >= 4 is 28.8 Å². The summed E-state index contributed by atoms with van der Waals surface area (Å²) in [4.78, 5) is 16.3. The highest BCUT2D eigenvalue weighted by molar-refractivity contribution is 7.13. The van der Waals surface area contributed by atoms with Crippen LogP contribution in [0.15, 0.2) is 40.8 Å². The van der Waals surface area contributed by atoms with Gasteiger partial charge in [-0.05, 0) is 45.0 Å². The van der Waals surface area contributed by atoms with Crippen molar-refractivity contribution in [3.63, 3.8) is 0 Å². The summed E-state index contributed by atoms with van der Waals surface area (Å²) in [5.74, 6) is 0.694. The molecule has 3 rings (SSSR count). The Balaban J connectivity index is 1.82. The molecule has 0 atom stereocenters. The molecular weight excluding hydrogens is 358 g/mol. The minimum absolute atomic E-state index is 0.00516. The van der Waals surface area contributed by atoms with Gasteiger partial charge in [-0.3, -0.25) is 4.79 Å². The summed E-state index contributed by atoms with van der Waals surface area (Å²) in [5.41, 5.74) is 0.680. The van der Waals surface area contributed by atoms with Gasteiger partial charge in [0.15, 0.2) is 0 Å². The van der Waals surface area contributed by atoms with E-state index in [1.165, 1.54) is 11.3 Å². The molecule has 130 valence electrons. The number of halogens is 1. The molecule has 2 aromatic heterocycles.